The SMILES string of the molecule is CC(C)(C)Cc1ccc2oc3c4ncnc(-c5[c-]c6ccccc6c([Si](C)(C)C)c5)c4sc3c2c1.CCC(CC)C(=O)/C=C(\O)C(CC)CC.[Ir]. The molecule has 0 fully saturated rings. The van der Waals surface area contributed by atoms with Crippen LogP contribution in [0.1, 0.15) is 79.7 Å². The van der Waals surface area contributed by atoms with Crippen LogP contribution in [-0.4, -0.2) is 28.9 Å². The molecule has 6 rings (SSSR count). The number of aromatic nitrogens is 2. The van der Waals surface area contributed by atoms with Crippen LogP contribution in [0.15, 0.2) is 71.1 Å². The van der Waals surface area contributed by atoms with Crippen molar-refractivity contribution in [3.63, 3.8) is 0 Å². The number of hydrogen-bond donors (Lipinski definition) is 1. The Morgan fingerprint density at radius 2 is 1.59 bits per heavy atom. The van der Waals surface area contributed by atoms with Crippen LogP contribution in [0.3, 0.4) is 0 Å². The summed E-state index contributed by atoms with van der Waals surface area (Å²) < 4.78 is 8.57. The molecule has 3 aromatic carbocycles. The van der Waals surface area contributed by atoms with Gasteiger partial charge in [0.15, 0.2) is 11.4 Å². The van der Waals surface area contributed by atoms with Crippen LogP contribution in [0.4, 0.5) is 0 Å². The van der Waals surface area contributed by atoms with Crippen molar-refractivity contribution in [2.24, 2.45) is 17.3 Å². The molecule has 1 radical (unpaired) electrons. The fourth-order valence-electron chi connectivity index (χ4n) is 6.79. The van der Waals surface area contributed by atoms with Gasteiger partial charge in [0.1, 0.15) is 17.4 Å². The average molecular weight is 898 g/mol. The molecule has 3 aromatic heterocycles. The molecule has 0 atom stereocenters. The molecular formula is C43H53IrN2O3SSi-. The second-order valence-electron chi connectivity index (χ2n) is 15.7. The van der Waals surface area contributed by atoms with E-state index in [2.05, 4.69) is 100.0 Å². The number of furan rings is 1. The van der Waals surface area contributed by atoms with Gasteiger partial charge in [0.2, 0.25) is 0 Å². The Labute approximate surface area is 322 Å². The molecule has 0 spiro atoms. The molecule has 0 unspecified atom stereocenters. The standard InChI is InChI=1S/C30H29N2OSSi.C13H24O2.Ir/c1-30(2,3)16-18-11-12-23-22(13-18)28-27(33-23)26-29(34-28)25(31-17-32-26)20-14-19-9-7-8-10-21(19)24(15-20)35(4,5)6;1-5-10(6-2)12(14)9-13(15)11(7-3)8-4;/h7-13,15,17H,16H2,1-6H3;9-11,14H,5-8H2,1-4H3;/q-1;;/b;12-9-;. The smallest absolute Gasteiger partial charge is 0.171 e. The number of carbonyl (C=O) groups excluding carboxylic acids is 1. The van der Waals surface area contributed by atoms with E-state index in [1.807, 2.05) is 27.7 Å². The normalized spacial score (nSPS) is 12.6. The van der Waals surface area contributed by atoms with E-state index < -0.39 is 8.07 Å². The van der Waals surface area contributed by atoms with Crippen molar-refractivity contribution in [3.8, 4) is 11.3 Å². The van der Waals surface area contributed by atoms with Crippen LogP contribution >= 0.6 is 11.3 Å². The zero-order valence-electron chi connectivity index (χ0n) is 31.9. The van der Waals surface area contributed by atoms with Gasteiger partial charge in [-0.1, -0.05) is 103 Å². The molecule has 5 nitrogen and oxygen atoms in total. The van der Waals surface area contributed by atoms with Gasteiger partial charge in [-0.25, -0.2) is 4.98 Å². The first-order chi connectivity index (χ1) is 23.7. The number of aliphatic hydroxyl groups is 1. The van der Waals surface area contributed by atoms with E-state index in [9.17, 15) is 9.90 Å². The number of carbonyl (C=O) groups is 1. The fourth-order valence-corrected chi connectivity index (χ4v) is 9.59. The largest absolute Gasteiger partial charge is 0.512 e. The van der Waals surface area contributed by atoms with Crippen molar-refractivity contribution in [2.45, 2.75) is 100 Å². The van der Waals surface area contributed by atoms with E-state index in [0.717, 1.165) is 74.8 Å². The number of thiophene rings is 1. The molecule has 273 valence electrons. The minimum absolute atomic E-state index is 0. The number of hydrogen-bond acceptors (Lipinski definition) is 6. The topological polar surface area (TPSA) is 76.2 Å². The molecule has 8 heteroatoms. The summed E-state index contributed by atoms with van der Waals surface area (Å²) in [5.41, 5.74) is 6.21. The van der Waals surface area contributed by atoms with Gasteiger partial charge in [0.05, 0.1) is 23.2 Å². The summed E-state index contributed by atoms with van der Waals surface area (Å²) in [6.07, 6.45) is 7.60. The van der Waals surface area contributed by atoms with E-state index in [4.69, 9.17) is 9.40 Å². The van der Waals surface area contributed by atoms with Crippen LogP contribution in [0.25, 0.3) is 53.5 Å². The molecule has 51 heavy (non-hydrogen) atoms. The maximum atomic E-state index is 11.7. The third-order valence-electron chi connectivity index (χ3n) is 9.58. The second kappa shape index (κ2) is 16.7. The average Bonchev–Trinajstić information content (AvgIpc) is 3.61. The van der Waals surface area contributed by atoms with Crippen molar-refractivity contribution < 1.29 is 34.4 Å². The van der Waals surface area contributed by atoms with Crippen molar-refractivity contribution in [2.75, 3.05) is 0 Å². The van der Waals surface area contributed by atoms with Gasteiger partial charge in [-0.2, -0.15) is 0 Å². The van der Waals surface area contributed by atoms with Crippen LogP contribution in [0.5, 0.6) is 0 Å². The third-order valence-corrected chi connectivity index (χ3v) is 12.8. The van der Waals surface area contributed by atoms with E-state index in [0.29, 0.717) is 0 Å². The Kier molecular flexibility index (Phi) is 13.3. The molecule has 1 N–H and O–H groups in total. The number of aliphatic hydroxyl groups excluding tert-OH is 1. The molecule has 0 saturated heterocycles. The Hall–Kier alpha value is -3.16. The summed E-state index contributed by atoms with van der Waals surface area (Å²) in [5, 5.41) is 14.8. The van der Waals surface area contributed by atoms with E-state index in [1.165, 1.54) is 27.6 Å². The van der Waals surface area contributed by atoms with Crippen LogP contribution in [0, 0.1) is 23.3 Å². The summed E-state index contributed by atoms with van der Waals surface area (Å²) in [5.74, 6) is 0.547. The molecule has 0 bridgehead atoms. The Bertz CT molecular complexity index is 2160. The van der Waals surface area contributed by atoms with E-state index in [1.54, 1.807) is 17.7 Å². The molecular weight excluding hydrogens is 845 g/mol. The minimum Gasteiger partial charge on any atom is -0.512 e. The first kappa shape index (κ1) is 40.6. The molecule has 0 aliphatic heterocycles. The maximum Gasteiger partial charge on any atom is 0.171 e. The molecule has 3 heterocycles. The quantitative estimate of drug-likeness (QED) is 0.0641. The molecule has 0 amide bonds. The second-order valence-corrected chi connectivity index (χ2v) is 21.8. The van der Waals surface area contributed by atoms with Gasteiger partial charge in [0, 0.05) is 49.1 Å². The summed E-state index contributed by atoms with van der Waals surface area (Å²) in [4.78, 5) is 21.2. The Morgan fingerprint density at radius 1 is 0.922 bits per heavy atom. The third kappa shape index (κ3) is 9.08. The van der Waals surface area contributed by atoms with E-state index >= 15 is 0 Å². The van der Waals surface area contributed by atoms with Crippen LogP contribution < -0.4 is 5.19 Å². The van der Waals surface area contributed by atoms with Crippen molar-refractivity contribution >= 4 is 72.6 Å². The predicted molar refractivity (Wildman–Crippen MR) is 216 cm³/mol. The van der Waals surface area contributed by atoms with Crippen LogP contribution in [-0.2, 0) is 31.3 Å². The zero-order valence-corrected chi connectivity index (χ0v) is 36.1. The first-order valence-corrected chi connectivity index (χ1v) is 22.5. The van der Waals surface area contributed by atoms with Gasteiger partial charge in [-0.05, 0) is 55.2 Å². The Morgan fingerprint density at radius 3 is 2.22 bits per heavy atom. The molecule has 6 aromatic rings. The monoisotopic (exact) mass is 898 g/mol. The number of benzene rings is 3. The van der Waals surface area contributed by atoms with Crippen molar-refractivity contribution in [1.29, 1.82) is 0 Å². The van der Waals surface area contributed by atoms with Gasteiger partial charge in [-0.3, -0.25) is 9.78 Å². The Balaban J connectivity index is 0.000000312. The molecule has 0 saturated carbocycles. The van der Waals surface area contributed by atoms with Gasteiger partial charge in [0.25, 0.3) is 0 Å². The summed E-state index contributed by atoms with van der Waals surface area (Å²) in [6.45, 7) is 22.1. The van der Waals surface area contributed by atoms with Gasteiger partial charge < -0.3 is 9.52 Å². The molecule has 0 aliphatic carbocycles. The zero-order chi connectivity index (χ0) is 36.4. The number of nitrogens with zero attached hydrogens (tertiary/aromatic N) is 2. The maximum absolute atomic E-state index is 11.7. The number of fused-ring (bicyclic) bond motifs is 6. The van der Waals surface area contributed by atoms with E-state index in [-0.39, 0.29) is 48.9 Å². The minimum atomic E-state index is -1.59. The number of ketones is 1. The number of rotatable bonds is 10. The van der Waals surface area contributed by atoms with Crippen molar-refractivity contribution in [3.05, 3.63) is 78.3 Å². The van der Waals surface area contributed by atoms with Crippen LogP contribution in [0.2, 0.25) is 19.6 Å². The first-order valence-electron chi connectivity index (χ1n) is 18.2. The fraction of sp³-hybridized carbons (Fsp3) is 0.419. The van der Waals surface area contributed by atoms with Crippen molar-refractivity contribution in [1.82, 2.24) is 9.97 Å². The summed E-state index contributed by atoms with van der Waals surface area (Å²) in [6, 6.07) is 21.2. The predicted octanol–water partition coefficient (Wildman–Crippen LogP) is 12.2. The summed E-state index contributed by atoms with van der Waals surface area (Å²) in [7, 11) is -1.59. The number of allylic oxidation sites excluding steroid dienone is 2. The van der Waals surface area contributed by atoms with Gasteiger partial charge in [-0.15, -0.1) is 40.1 Å². The summed E-state index contributed by atoms with van der Waals surface area (Å²) >= 11 is 1.74. The molecule has 0 aliphatic rings. The van der Waals surface area contributed by atoms with Gasteiger partial charge >= 0.3 is 0 Å².